The molecule has 0 aliphatic heterocycles. The number of nitrogens with zero attached hydrogens (tertiary/aromatic N) is 2. The molecular weight excluding hydrogens is 204 g/mol. The minimum atomic E-state index is 0.160. The number of ether oxygens (including phenoxy) is 1. The summed E-state index contributed by atoms with van der Waals surface area (Å²) >= 11 is 0. The maximum absolute atomic E-state index is 5.68. The number of nitrogen functional groups attached to an aromatic ring is 1. The lowest BCUT2D eigenvalue weighted by atomic mass is 10.3. The van der Waals surface area contributed by atoms with Gasteiger partial charge in [0, 0.05) is 12.0 Å². The zero-order valence-electron chi connectivity index (χ0n) is 9.73. The Morgan fingerprint density at radius 1 is 1.56 bits per heavy atom. The first-order valence-electron chi connectivity index (χ1n) is 5.75. The van der Waals surface area contributed by atoms with E-state index in [4.69, 9.17) is 10.6 Å². The first kappa shape index (κ1) is 11.1. The third-order valence-corrected chi connectivity index (χ3v) is 2.71. The summed E-state index contributed by atoms with van der Waals surface area (Å²) in [6.45, 7) is 4.10. The van der Waals surface area contributed by atoms with Crippen LogP contribution in [0.1, 0.15) is 44.9 Å². The third-order valence-electron chi connectivity index (χ3n) is 2.71. The van der Waals surface area contributed by atoms with E-state index in [1.807, 2.05) is 6.92 Å². The van der Waals surface area contributed by atoms with Crippen LogP contribution in [0.5, 0.6) is 5.88 Å². The van der Waals surface area contributed by atoms with Crippen molar-refractivity contribution in [1.29, 1.82) is 0 Å². The molecule has 16 heavy (non-hydrogen) atoms. The Hall–Kier alpha value is -1.36. The van der Waals surface area contributed by atoms with Gasteiger partial charge in [-0.25, -0.2) is 10.8 Å². The standard InChI is InChI=1S/C11H18N4O/c1-3-7(2)16-10-6-9(15-12)13-11(14-10)8-4-5-8/h6-8H,3-5,12H2,1-2H3,(H,13,14,15). The van der Waals surface area contributed by atoms with Crippen molar-refractivity contribution in [2.24, 2.45) is 5.84 Å². The Morgan fingerprint density at radius 2 is 2.31 bits per heavy atom. The molecule has 0 saturated heterocycles. The lowest BCUT2D eigenvalue weighted by molar-refractivity contribution is 0.208. The SMILES string of the molecule is CCC(C)Oc1cc(NN)nc(C2CC2)n1. The zero-order valence-corrected chi connectivity index (χ0v) is 9.73. The molecule has 88 valence electrons. The van der Waals surface area contributed by atoms with Crippen LogP contribution in [-0.4, -0.2) is 16.1 Å². The van der Waals surface area contributed by atoms with E-state index in [1.54, 1.807) is 6.07 Å². The summed E-state index contributed by atoms with van der Waals surface area (Å²) < 4.78 is 5.68. The minimum Gasteiger partial charge on any atom is -0.475 e. The molecule has 1 aromatic rings. The quantitative estimate of drug-likeness (QED) is 0.587. The van der Waals surface area contributed by atoms with Gasteiger partial charge in [-0.05, 0) is 26.2 Å². The Kier molecular flexibility index (Phi) is 3.24. The van der Waals surface area contributed by atoms with Crippen LogP contribution in [0.15, 0.2) is 6.07 Å². The Balaban J connectivity index is 2.18. The van der Waals surface area contributed by atoms with E-state index >= 15 is 0 Å². The highest BCUT2D eigenvalue weighted by Crippen LogP contribution is 2.39. The van der Waals surface area contributed by atoms with Gasteiger partial charge in [0.1, 0.15) is 11.6 Å². The second-order valence-electron chi connectivity index (χ2n) is 4.20. The van der Waals surface area contributed by atoms with E-state index in [2.05, 4.69) is 22.3 Å². The van der Waals surface area contributed by atoms with E-state index in [-0.39, 0.29) is 6.10 Å². The van der Waals surface area contributed by atoms with E-state index < -0.39 is 0 Å². The summed E-state index contributed by atoms with van der Waals surface area (Å²) in [5.41, 5.74) is 2.55. The second kappa shape index (κ2) is 4.65. The fourth-order valence-corrected chi connectivity index (χ4v) is 1.39. The minimum absolute atomic E-state index is 0.160. The maximum Gasteiger partial charge on any atom is 0.219 e. The van der Waals surface area contributed by atoms with Gasteiger partial charge in [0.05, 0.1) is 6.10 Å². The van der Waals surface area contributed by atoms with Crippen molar-refractivity contribution in [2.75, 3.05) is 5.43 Å². The molecule has 0 radical (unpaired) electrons. The first-order valence-corrected chi connectivity index (χ1v) is 5.75. The molecule has 1 heterocycles. The molecule has 5 nitrogen and oxygen atoms in total. The summed E-state index contributed by atoms with van der Waals surface area (Å²) in [6, 6.07) is 1.73. The number of nitrogens with two attached hydrogens (primary N) is 1. The maximum atomic E-state index is 5.68. The van der Waals surface area contributed by atoms with Gasteiger partial charge in [-0.3, -0.25) is 0 Å². The average molecular weight is 222 g/mol. The Bertz CT molecular complexity index is 365. The third kappa shape index (κ3) is 2.61. The van der Waals surface area contributed by atoms with Crippen LogP contribution < -0.4 is 16.0 Å². The Labute approximate surface area is 95.4 Å². The molecule has 0 bridgehead atoms. The molecule has 1 aliphatic carbocycles. The first-order chi connectivity index (χ1) is 7.72. The van der Waals surface area contributed by atoms with Gasteiger partial charge in [0.15, 0.2) is 0 Å². The van der Waals surface area contributed by atoms with Crippen LogP contribution in [0.3, 0.4) is 0 Å². The van der Waals surface area contributed by atoms with Crippen molar-refractivity contribution in [2.45, 2.75) is 45.1 Å². The van der Waals surface area contributed by atoms with Gasteiger partial charge in [-0.2, -0.15) is 4.98 Å². The van der Waals surface area contributed by atoms with Gasteiger partial charge in [-0.1, -0.05) is 6.92 Å². The number of nitrogens with one attached hydrogen (secondary N) is 1. The average Bonchev–Trinajstić information content (AvgIpc) is 3.12. The molecule has 0 amide bonds. The summed E-state index contributed by atoms with van der Waals surface area (Å²) in [5, 5.41) is 0. The molecule has 2 rings (SSSR count). The van der Waals surface area contributed by atoms with Crippen LogP contribution in [-0.2, 0) is 0 Å². The van der Waals surface area contributed by atoms with Crippen LogP contribution in [0.4, 0.5) is 5.82 Å². The van der Waals surface area contributed by atoms with Gasteiger partial charge in [0.2, 0.25) is 5.88 Å². The molecule has 0 aromatic carbocycles. The predicted octanol–water partition coefficient (Wildman–Crippen LogP) is 1.82. The smallest absolute Gasteiger partial charge is 0.219 e. The molecule has 3 N–H and O–H groups in total. The van der Waals surface area contributed by atoms with E-state index in [0.29, 0.717) is 17.6 Å². The fourth-order valence-electron chi connectivity index (χ4n) is 1.39. The highest BCUT2D eigenvalue weighted by molar-refractivity contribution is 5.38. The van der Waals surface area contributed by atoms with Gasteiger partial charge < -0.3 is 10.2 Å². The molecule has 0 spiro atoms. The topological polar surface area (TPSA) is 73.1 Å². The van der Waals surface area contributed by atoms with Crippen molar-refractivity contribution < 1.29 is 4.74 Å². The molecule has 5 heteroatoms. The number of hydrogen-bond donors (Lipinski definition) is 2. The second-order valence-corrected chi connectivity index (χ2v) is 4.20. The summed E-state index contributed by atoms with van der Waals surface area (Å²) in [7, 11) is 0. The fraction of sp³-hybridized carbons (Fsp3) is 0.636. The molecule has 1 aromatic heterocycles. The number of aromatic nitrogens is 2. The highest BCUT2D eigenvalue weighted by atomic mass is 16.5. The number of anilines is 1. The Morgan fingerprint density at radius 3 is 2.88 bits per heavy atom. The normalized spacial score (nSPS) is 16.9. The summed E-state index contributed by atoms with van der Waals surface area (Å²) in [5.74, 6) is 7.94. The van der Waals surface area contributed by atoms with Crippen LogP contribution in [0.2, 0.25) is 0 Å². The van der Waals surface area contributed by atoms with Gasteiger partial charge in [-0.15, -0.1) is 0 Å². The molecular formula is C11H18N4O. The summed E-state index contributed by atoms with van der Waals surface area (Å²) in [4.78, 5) is 8.72. The number of rotatable bonds is 5. The molecule has 1 fully saturated rings. The number of hydrazine groups is 1. The monoisotopic (exact) mass is 222 g/mol. The van der Waals surface area contributed by atoms with Crippen LogP contribution in [0, 0.1) is 0 Å². The lowest BCUT2D eigenvalue weighted by Gasteiger charge is -2.13. The van der Waals surface area contributed by atoms with Crippen molar-refractivity contribution >= 4 is 5.82 Å². The van der Waals surface area contributed by atoms with Crippen molar-refractivity contribution in [3.63, 3.8) is 0 Å². The van der Waals surface area contributed by atoms with Crippen LogP contribution >= 0.6 is 0 Å². The lowest BCUT2D eigenvalue weighted by Crippen LogP contribution is -2.14. The summed E-state index contributed by atoms with van der Waals surface area (Å²) in [6.07, 6.45) is 3.44. The van der Waals surface area contributed by atoms with Crippen LogP contribution in [0.25, 0.3) is 0 Å². The zero-order chi connectivity index (χ0) is 11.5. The molecule has 1 atom stereocenters. The number of hydrogen-bond acceptors (Lipinski definition) is 5. The van der Waals surface area contributed by atoms with Crippen molar-refractivity contribution in [3.05, 3.63) is 11.9 Å². The van der Waals surface area contributed by atoms with E-state index in [0.717, 1.165) is 25.1 Å². The van der Waals surface area contributed by atoms with E-state index in [1.165, 1.54) is 0 Å². The van der Waals surface area contributed by atoms with Gasteiger partial charge in [0.25, 0.3) is 0 Å². The van der Waals surface area contributed by atoms with Crippen molar-refractivity contribution in [3.8, 4) is 5.88 Å². The van der Waals surface area contributed by atoms with Gasteiger partial charge >= 0.3 is 0 Å². The van der Waals surface area contributed by atoms with E-state index in [9.17, 15) is 0 Å². The highest BCUT2D eigenvalue weighted by Gasteiger charge is 2.27. The van der Waals surface area contributed by atoms with Crippen molar-refractivity contribution in [1.82, 2.24) is 9.97 Å². The largest absolute Gasteiger partial charge is 0.475 e. The predicted molar refractivity (Wildman–Crippen MR) is 62.2 cm³/mol. The molecule has 1 unspecified atom stereocenters. The molecule has 1 saturated carbocycles. The molecule has 1 aliphatic rings.